The summed E-state index contributed by atoms with van der Waals surface area (Å²) in [5.41, 5.74) is 0. The third-order valence-corrected chi connectivity index (χ3v) is 5.87. The van der Waals surface area contributed by atoms with E-state index in [9.17, 15) is 8.42 Å². The number of unbranched alkanes of at least 4 members (excludes halogenated alkanes) is 3. The van der Waals surface area contributed by atoms with Crippen molar-refractivity contribution < 1.29 is 8.42 Å². The van der Waals surface area contributed by atoms with Gasteiger partial charge in [0.2, 0.25) is 10.0 Å². The zero-order chi connectivity index (χ0) is 17.1. The van der Waals surface area contributed by atoms with E-state index in [0.717, 1.165) is 38.3 Å². The van der Waals surface area contributed by atoms with Gasteiger partial charge in [0.25, 0.3) is 0 Å². The van der Waals surface area contributed by atoms with E-state index in [2.05, 4.69) is 21.8 Å². The third kappa shape index (κ3) is 7.35. The fourth-order valence-electron chi connectivity index (χ4n) is 2.60. The smallest absolute Gasteiger partial charge is 0.214 e. The minimum atomic E-state index is -3.02. The van der Waals surface area contributed by atoms with Gasteiger partial charge in [-0.05, 0) is 32.6 Å². The molecule has 1 aliphatic rings. The van der Waals surface area contributed by atoms with Crippen molar-refractivity contribution in [3.05, 3.63) is 12.7 Å². The van der Waals surface area contributed by atoms with Crippen molar-refractivity contribution in [1.29, 1.82) is 0 Å². The Kier molecular flexibility index (Phi) is 9.24. The Morgan fingerprint density at radius 3 is 2.78 bits per heavy atom. The number of nitrogens with zero attached hydrogens (tertiary/aromatic N) is 3. The van der Waals surface area contributed by atoms with Gasteiger partial charge in [0, 0.05) is 33.2 Å². The van der Waals surface area contributed by atoms with E-state index in [1.165, 1.54) is 12.8 Å². The van der Waals surface area contributed by atoms with Crippen LogP contribution in [0.3, 0.4) is 0 Å². The molecule has 0 spiro atoms. The summed E-state index contributed by atoms with van der Waals surface area (Å²) >= 11 is 0. The predicted octanol–water partition coefficient (Wildman–Crippen LogP) is 1.67. The maximum atomic E-state index is 11.8. The first-order valence-electron chi connectivity index (χ1n) is 8.59. The molecule has 6 nitrogen and oxygen atoms in total. The van der Waals surface area contributed by atoms with Crippen molar-refractivity contribution >= 4 is 16.0 Å². The maximum absolute atomic E-state index is 11.8. The highest BCUT2D eigenvalue weighted by atomic mass is 32.2. The molecule has 0 bridgehead atoms. The zero-order valence-corrected chi connectivity index (χ0v) is 15.4. The summed E-state index contributed by atoms with van der Waals surface area (Å²) in [5, 5.41) is 3.27. The van der Waals surface area contributed by atoms with Crippen molar-refractivity contribution in [2.45, 2.75) is 39.0 Å². The molecular weight excluding hydrogens is 312 g/mol. The van der Waals surface area contributed by atoms with Gasteiger partial charge < -0.3 is 10.2 Å². The highest BCUT2D eigenvalue weighted by molar-refractivity contribution is 7.89. The Morgan fingerprint density at radius 1 is 1.39 bits per heavy atom. The van der Waals surface area contributed by atoms with Gasteiger partial charge in [-0.25, -0.2) is 12.7 Å². The summed E-state index contributed by atoms with van der Waals surface area (Å²) in [6.45, 7) is 9.14. The molecule has 1 fully saturated rings. The molecule has 0 unspecified atom stereocenters. The molecule has 7 heteroatoms. The second kappa shape index (κ2) is 10.6. The van der Waals surface area contributed by atoms with Crippen LogP contribution in [0.1, 0.15) is 39.0 Å². The molecule has 1 heterocycles. The number of allylic oxidation sites excluding steroid dienone is 1. The Hall–Kier alpha value is -1.08. The average molecular weight is 345 g/mol. The number of rotatable bonds is 10. The van der Waals surface area contributed by atoms with E-state index in [-0.39, 0.29) is 5.75 Å². The molecule has 1 aliphatic heterocycles. The lowest BCUT2D eigenvalue weighted by Crippen LogP contribution is -2.40. The number of guanidine groups is 1. The topological polar surface area (TPSA) is 65.0 Å². The third-order valence-electron chi connectivity index (χ3n) is 3.91. The quantitative estimate of drug-likeness (QED) is 0.283. The molecule has 1 N–H and O–H groups in total. The Balaban J connectivity index is 2.40. The second-order valence-corrected chi connectivity index (χ2v) is 7.95. The Bertz CT molecular complexity index is 476. The molecule has 23 heavy (non-hydrogen) atoms. The number of hydrogen-bond acceptors (Lipinski definition) is 3. The molecule has 0 atom stereocenters. The van der Waals surface area contributed by atoms with Crippen LogP contribution in [0.25, 0.3) is 0 Å². The molecule has 1 rings (SSSR count). The highest BCUT2D eigenvalue weighted by Crippen LogP contribution is 2.12. The highest BCUT2D eigenvalue weighted by Gasteiger charge is 2.27. The van der Waals surface area contributed by atoms with Gasteiger partial charge in [-0.3, -0.25) is 4.99 Å². The van der Waals surface area contributed by atoms with Crippen LogP contribution in [0.15, 0.2) is 17.6 Å². The summed E-state index contributed by atoms with van der Waals surface area (Å²) < 4.78 is 25.1. The largest absolute Gasteiger partial charge is 0.357 e. The predicted molar refractivity (Wildman–Crippen MR) is 97.3 cm³/mol. The van der Waals surface area contributed by atoms with E-state index in [1.807, 2.05) is 20.0 Å². The van der Waals surface area contributed by atoms with Gasteiger partial charge in [0.15, 0.2) is 5.96 Å². The van der Waals surface area contributed by atoms with Crippen molar-refractivity contribution in [3.63, 3.8) is 0 Å². The second-order valence-electron chi connectivity index (χ2n) is 5.86. The minimum Gasteiger partial charge on any atom is -0.357 e. The first-order chi connectivity index (χ1) is 11.0. The molecule has 0 radical (unpaired) electrons. The SMILES string of the molecule is C=CCCCCCN(C)C(=NCCN1CCCS1(=O)=O)NCC. The van der Waals surface area contributed by atoms with Crippen LogP contribution in [0.2, 0.25) is 0 Å². The molecule has 134 valence electrons. The van der Waals surface area contributed by atoms with Gasteiger partial charge >= 0.3 is 0 Å². The van der Waals surface area contributed by atoms with Crippen LogP contribution in [0, 0.1) is 0 Å². The van der Waals surface area contributed by atoms with Crippen LogP contribution in [0.5, 0.6) is 0 Å². The van der Waals surface area contributed by atoms with Crippen molar-refractivity contribution in [2.75, 3.05) is 45.5 Å². The monoisotopic (exact) mass is 344 g/mol. The summed E-state index contributed by atoms with van der Waals surface area (Å²) in [5.74, 6) is 1.13. The average Bonchev–Trinajstić information content (AvgIpc) is 2.85. The summed E-state index contributed by atoms with van der Waals surface area (Å²) in [4.78, 5) is 6.69. The van der Waals surface area contributed by atoms with Crippen molar-refractivity contribution in [1.82, 2.24) is 14.5 Å². The number of nitrogens with one attached hydrogen (secondary N) is 1. The molecular formula is C16H32N4O2S. The van der Waals surface area contributed by atoms with E-state index < -0.39 is 10.0 Å². The molecule has 0 aromatic heterocycles. The van der Waals surface area contributed by atoms with Crippen LogP contribution in [-0.4, -0.2) is 69.1 Å². The first-order valence-corrected chi connectivity index (χ1v) is 10.2. The maximum Gasteiger partial charge on any atom is 0.214 e. The normalized spacial score (nSPS) is 18.1. The van der Waals surface area contributed by atoms with E-state index >= 15 is 0 Å². The molecule has 0 aromatic carbocycles. The van der Waals surface area contributed by atoms with E-state index in [1.54, 1.807) is 4.31 Å². The van der Waals surface area contributed by atoms with E-state index in [4.69, 9.17) is 0 Å². The van der Waals surface area contributed by atoms with Crippen LogP contribution >= 0.6 is 0 Å². The molecule has 0 aromatic rings. The number of hydrogen-bond donors (Lipinski definition) is 1. The molecule has 0 aliphatic carbocycles. The van der Waals surface area contributed by atoms with Gasteiger partial charge in [-0.15, -0.1) is 6.58 Å². The molecule has 0 saturated carbocycles. The number of sulfonamides is 1. The summed E-state index contributed by atoms with van der Waals surface area (Å²) in [6, 6.07) is 0. The van der Waals surface area contributed by atoms with Gasteiger partial charge in [0.05, 0.1) is 12.3 Å². The van der Waals surface area contributed by atoms with Gasteiger partial charge in [-0.2, -0.15) is 0 Å². The summed E-state index contributed by atoms with van der Waals surface area (Å²) in [7, 11) is -0.989. The minimum absolute atomic E-state index is 0.279. The first kappa shape index (κ1) is 20.0. The fraction of sp³-hybridized carbons (Fsp3) is 0.812. The standard InChI is InChI=1S/C16H32N4O2S/c1-4-6-7-8-9-12-19(3)16(17-5-2)18-11-14-20-13-10-15-23(20,21)22/h4H,1,5-15H2,2-3H3,(H,17,18). The number of aliphatic imine (C=N–C) groups is 1. The van der Waals surface area contributed by atoms with Crippen LogP contribution in [0.4, 0.5) is 0 Å². The van der Waals surface area contributed by atoms with Crippen LogP contribution in [-0.2, 0) is 10.0 Å². The lowest BCUT2D eigenvalue weighted by atomic mass is 10.2. The van der Waals surface area contributed by atoms with Crippen molar-refractivity contribution in [2.24, 2.45) is 4.99 Å². The van der Waals surface area contributed by atoms with Gasteiger partial charge in [-0.1, -0.05) is 12.5 Å². The molecule has 1 saturated heterocycles. The fourth-order valence-corrected chi connectivity index (χ4v) is 4.12. The van der Waals surface area contributed by atoms with Crippen LogP contribution < -0.4 is 5.32 Å². The lowest BCUT2D eigenvalue weighted by Gasteiger charge is -2.22. The van der Waals surface area contributed by atoms with Crippen molar-refractivity contribution in [3.8, 4) is 0 Å². The lowest BCUT2D eigenvalue weighted by molar-refractivity contribution is 0.440. The Labute approximate surface area is 141 Å². The summed E-state index contributed by atoms with van der Waals surface area (Å²) in [6.07, 6.45) is 7.25. The van der Waals surface area contributed by atoms with E-state index in [0.29, 0.717) is 19.6 Å². The van der Waals surface area contributed by atoms with Gasteiger partial charge in [0.1, 0.15) is 0 Å². The Morgan fingerprint density at radius 2 is 2.17 bits per heavy atom. The zero-order valence-electron chi connectivity index (χ0n) is 14.6. The molecule has 0 amide bonds.